The molecule has 1 aromatic rings. The van der Waals surface area contributed by atoms with Gasteiger partial charge in [-0.15, -0.1) is 12.4 Å². The minimum absolute atomic E-state index is 0. The summed E-state index contributed by atoms with van der Waals surface area (Å²) in [4.78, 5) is 11.9. The van der Waals surface area contributed by atoms with Crippen LogP contribution >= 0.6 is 12.4 Å². The first-order valence-electron chi connectivity index (χ1n) is 7.07. The van der Waals surface area contributed by atoms with Crippen LogP contribution in [0.5, 0.6) is 0 Å². The van der Waals surface area contributed by atoms with Crippen molar-refractivity contribution < 1.29 is 17.9 Å². The predicted molar refractivity (Wildman–Crippen MR) is 91.2 cm³/mol. The van der Waals surface area contributed by atoms with Crippen molar-refractivity contribution in [2.24, 2.45) is 0 Å². The third kappa shape index (κ3) is 7.76. The lowest BCUT2D eigenvalue weighted by Crippen LogP contribution is -2.43. The van der Waals surface area contributed by atoms with Crippen LogP contribution in [0.2, 0.25) is 0 Å². The molecule has 0 bridgehead atoms. The molecule has 1 aliphatic heterocycles. The van der Waals surface area contributed by atoms with Gasteiger partial charge in [0.15, 0.2) is 0 Å². The maximum absolute atomic E-state index is 11.9. The summed E-state index contributed by atoms with van der Waals surface area (Å²) < 4.78 is 29.8. The number of carbonyl (C=O) groups excluding carboxylic acids is 1. The summed E-state index contributed by atoms with van der Waals surface area (Å²) in [6.07, 6.45) is 1.47. The molecule has 1 atom stereocenters. The standard InChI is InChI=1S/C14H21N3O4S.ClH/c1-22(19,20)16-9-11-2-4-12(5-3-11)17-14(18)8-13-10-21-7-6-15-13;/h2-5,13,15-16H,6-10H2,1H3,(H,17,18);1H. The molecule has 3 N–H and O–H groups in total. The van der Waals surface area contributed by atoms with E-state index in [1.54, 1.807) is 24.3 Å². The molecule has 9 heteroatoms. The van der Waals surface area contributed by atoms with Crippen molar-refractivity contribution in [2.45, 2.75) is 19.0 Å². The molecule has 7 nitrogen and oxygen atoms in total. The second-order valence-electron chi connectivity index (χ2n) is 5.27. The van der Waals surface area contributed by atoms with E-state index in [0.717, 1.165) is 18.4 Å². The molecule has 1 heterocycles. The Morgan fingerprint density at radius 1 is 1.35 bits per heavy atom. The average molecular weight is 364 g/mol. The van der Waals surface area contributed by atoms with E-state index in [1.165, 1.54) is 0 Å². The molecule has 1 aliphatic rings. The molecule has 0 spiro atoms. The average Bonchev–Trinajstić information content (AvgIpc) is 2.47. The molecule has 1 aromatic carbocycles. The van der Waals surface area contributed by atoms with Gasteiger partial charge in [-0.2, -0.15) is 0 Å². The number of benzene rings is 1. The number of carbonyl (C=O) groups is 1. The van der Waals surface area contributed by atoms with Crippen LogP contribution in [0.4, 0.5) is 5.69 Å². The summed E-state index contributed by atoms with van der Waals surface area (Å²) in [6.45, 7) is 2.22. The first-order valence-corrected chi connectivity index (χ1v) is 8.96. The number of morpholine rings is 1. The highest BCUT2D eigenvalue weighted by molar-refractivity contribution is 7.88. The Morgan fingerprint density at radius 3 is 2.61 bits per heavy atom. The Hall–Kier alpha value is -1.19. The number of hydrogen-bond acceptors (Lipinski definition) is 5. The first-order chi connectivity index (χ1) is 10.4. The van der Waals surface area contributed by atoms with Crippen molar-refractivity contribution in [1.29, 1.82) is 0 Å². The van der Waals surface area contributed by atoms with Crippen LogP contribution in [0.25, 0.3) is 0 Å². The Balaban J connectivity index is 0.00000264. The van der Waals surface area contributed by atoms with Gasteiger partial charge in [-0.1, -0.05) is 12.1 Å². The number of hydrogen-bond donors (Lipinski definition) is 3. The van der Waals surface area contributed by atoms with Crippen LogP contribution in [-0.4, -0.2) is 46.4 Å². The van der Waals surface area contributed by atoms with Crippen LogP contribution in [0.15, 0.2) is 24.3 Å². The van der Waals surface area contributed by atoms with Crippen molar-refractivity contribution in [1.82, 2.24) is 10.0 Å². The fraction of sp³-hybridized carbons (Fsp3) is 0.500. The van der Waals surface area contributed by atoms with E-state index >= 15 is 0 Å². The number of amides is 1. The molecular weight excluding hydrogens is 342 g/mol. The fourth-order valence-corrected chi connectivity index (χ4v) is 2.54. The summed E-state index contributed by atoms with van der Waals surface area (Å²) in [6, 6.07) is 7.10. The molecule has 2 rings (SSSR count). The highest BCUT2D eigenvalue weighted by atomic mass is 35.5. The second-order valence-corrected chi connectivity index (χ2v) is 7.10. The quantitative estimate of drug-likeness (QED) is 0.683. The van der Waals surface area contributed by atoms with Crippen molar-refractivity contribution in [3.8, 4) is 0 Å². The smallest absolute Gasteiger partial charge is 0.226 e. The zero-order valence-corrected chi connectivity index (χ0v) is 14.5. The van der Waals surface area contributed by atoms with E-state index in [0.29, 0.717) is 25.3 Å². The van der Waals surface area contributed by atoms with Crippen LogP contribution in [0.1, 0.15) is 12.0 Å². The Bertz CT molecular complexity index is 601. The largest absolute Gasteiger partial charge is 0.378 e. The van der Waals surface area contributed by atoms with Gasteiger partial charge in [0, 0.05) is 31.2 Å². The molecule has 0 radical (unpaired) electrons. The molecule has 1 amide bonds. The monoisotopic (exact) mass is 363 g/mol. The molecule has 0 aliphatic carbocycles. The first kappa shape index (κ1) is 19.9. The molecule has 1 saturated heterocycles. The van der Waals surface area contributed by atoms with E-state index in [-0.39, 0.29) is 30.9 Å². The van der Waals surface area contributed by atoms with Crippen molar-refractivity contribution in [3.63, 3.8) is 0 Å². The van der Waals surface area contributed by atoms with Gasteiger partial charge >= 0.3 is 0 Å². The molecule has 0 saturated carbocycles. The summed E-state index contributed by atoms with van der Waals surface area (Å²) in [5.74, 6) is -0.0787. The number of rotatable bonds is 6. The lowest BCUT2D eigenvalue weighted by molar-refractivity contribution is -0.117. The Kier molecular flexibility index (Phi) is 7.93. The lowest BCUT2D eigenvalue weighted by Gasteiger charge is -2.23. The van der Waals surface area contributed by atoms with Gasteiger partial charge in [0.2, 0.25) is 15.9 Å². The van der Waals surface area contributed by atoms with Crippen molar-refractivity contribution >= 4 is 34.0 Å². The summed E-state index contributed by atoms with van der Waals surface area (Å²) in [5.41, 5.74) is 1.51. The molecule has 23 heavy (non-hydrogen) atoms. The number of halogens is 1. The molecule has 0 aromatic heterocycles. The van der Waals surface area contributed by atoms with Gasteiger partial charge in [-0.3, -0.25) is 4.79 Å². The third-order valence-electron chi connectivity index (χ3n) is 3.21. The zero-order valence-electron chi connectivity index (χ0n) is 12.9. The highest BCUT2D eigenvalue weighted by Gasteiger charge is 2.16. The van der Waals surface area contributed by atoms with E-state index in [2.05, 4.69) is 15.4 Å². The number of ether oxygens (including phenoxy) is 1. The van der Waals surface area contributed by atoms with Crippen LogP contribution in [-0.2, 0) is 26.1 Å². The highest BCUT2D eigenvalue weighted by Crippen LogP contribution is 2.11. The topological polar surface area (TPSA) is 96.5 Å². The van der Waals surface area contributed by atoms with E-state index < -0.39 is 10.0 Å². The Morgan fingerprint density at radius 2 is 2.04 bits per heavy atom. The maximum Gasteiger partial charge on any atom is 0.226 e. The van der Waals surface area contributed by atoms with Crippen LogP contribution < -0.4 is 15.4 Å². The third-order valence-corrected chi connectivity index (χ3v) is 3.88. The van der Waals surface area contributed by atoms with Gasteiger partial charge in [0.1, 0.15) is 0 Å². The second kappa shape index (κ2) is 9.19. The minimum Gasteiger partial charge on any atom is -0.378 e. The summed E-state index contributed by atoms with van der Waals surface area (Å²) in [5, 5.41) is 6.04. The van der Waals surface area contributed by atoms with E-state index in [4.69, 9.17) is 4.74 Å². The van der Waals surface area contributed by atoms with Gasteiger partial charge in [0.05, 0.1) is 19.5 Å². The van der Waals surface area contributed by atoms with Gasteiger partial charge < -0.3 is 15.4 Å². The van der Waals surface area contributed by atoms with Crippen LogP contribution in [0.3, 0.4) is 0 Å². The molecule has 130 valence electrons. The SMILES string of the molecule is CS(=O)(=O)NCc1ccc(NC(=O)CC2COCCN2)cc1.Cl. The van der Waals surface area contributed by atoms with Crippen molar-refractivity contribution in [3.05, 3.63) is 29.8 Å². The zero-order chi connectivity index (χ0) is 16.0. The van der Waals surface area contributed by atoms with Crippen LogP contribution in [0, 0.1) is 0 Å². The molecule has 1 unspecified atom stereocenters. The summed E-state index contributed by atoms with van der Waals surface area (Å²) in [7, 11) is -3.21. The molecule has 1 fully saturated rings. The van der Waals surface area contributed by atoms with Crippen molar-refractivity contribution in [2.75, 3.05) is 31.3 Å². The Labute approximate surface area is 142 Å². The number of anilines is 1. The number of sulfonamides is 1. The lowest BCUT2D eigenvalue weighted by atomic mass is 10.1. The normalized spacial score (nSPS) is 18.0. The minimum atomic E-state index is -3.21. The van der Waals surface area contributed by atoms with Gasteiger partial charge in [-0.25, -0.2) is 13.1 Å². The van der Waals surface area contributed by atoms with E-state index in [9.17, 15) is 13.2 Å². The maximum atomic E-state index is 11.9. The fourth-order valence-electron chi connectivity index (χ4n) is 2.11. The predicted octanol–water partition coefficient (Wildman–Crippen LogP) is 0.475. The van der Waals surface area contributed by atoms with Gasteiger partial charge in [-0.05, 0) is 17.7 Å². The number of nitrogens with one attached hydrogen (secondary N) is 3. The van der Waals surface area contributed by atoms with Gasteiger partial charge in [0.25, 0.3) is 0 Å². The molecular formula is C14H22ClN3O4S. The summed E-state index contributed by atoms with van der Waals surface area (Å²) >= 11 is 0. The van der Waals surface area contributed by atoms with E-state index in [1.807, 2.05) is 0 Å².